The maximum absolute atomic E-state index is 11.6. The van der Waals surface area contributed by atoms with E-state index in [-0.39, 0.29) is 18.5 Å². The van der Waals surface area contributed by atoms with E-state index in [0.29, 0.717) is 19.8 Å². The summed E-state index contributed by atoms with van der Waals surface area (Å²) in [4.78, 5) is 11.6. The third kappa shape index (κ3) is 6.21. The second-order valence-corrected chi connectivity index (χ2v) is 7.18. The van der Waals surface area contributed by atoms with Crippen LogP contribution in [-0.2, 0) is 25.6 Å². The Morgan fingerprint density at radius 2 is 1.76 bits per heavy atom. The molecule has 0 bridgehead atoms. The van der Waals surface area contributed by atoms with Crippen LogP contribution < -0.4 is 9.47 Å². The van der Waals surface area contributed by atoms with E-state index in [1.54, 1.807) is 7.11 Å². The molecule has 2 aromatic rings. The summed E-state index contributed by atoms with van der Waals surface area (Å²) >= 11 is 0. The van der Waals surface area contributed by atoms with Crippen LogP contribution in [0.5, 0.6) is 11.5 Å². The largest absolute Gasteiger partial charge is 0.497 e. The lowest BCUT2D eigenvalue weighted by Gasteiger charge is -2.29. The van der Waals surface area contributed by atoms with Crippen molar-refractivity contribution in [1.82, 2.24) is 0 Å². The minimum absolute atomic E-state index is 0.192. The highest BCUT2D eigenvalue weighted by atomic mass is 16.6. The third-order valence-electron chi connectivity index (χ3n) is 5.00. The topological polar surface area (TPSA) is 63.2 Å². The van der Waals surface area contributed by atoms with Gasteiger partial charge in [-0.25, -0.2) is 0 Å². The maximum Gasteiger partial charge on any atom is 0.308 e. The summed E-state index contributed by atoms with van der Waals surface area (Å²) in [6.07, 6.45) is 1.55. The van der Waals surface area contributed by atoms with E-state index in [2.05, 4.69) is 0 Å². The molecule has 2 aromatic carbocycles. The van der Waals surface area contributed by atoms with E-state index in [1.165, 1.54) is 7.11 Å². The fourth-order valence-corrected chi connectivity index (χ4v) is 3.38. The first-order chi connectivity index (χ1) is 14.1. The van der Waals surface area contributed by atoms with Gasteiger partial charge in [0.15, 0.2) is 0 Å². The lowest BCUT2D eigenvalue weighted by atomic mass is 10.0. The number of carbonyl (C=O) groups excluding carboxylic acids is 1. The predicted molar refractivity (Wildman–Crippen MR) is 108 cm³/mol. The fourth-order valence-electron chi connectivity index (χ4n) is 3.38. The van der Waals surface area contributed by atoms with Crippen LogP contribution in [0.25, 0.3) is 0 Å². The first-order valence-corrected chi connectivity index (χ1v) is 9.76. The molecule has 0 radical (unpaired) electrons. The Hall–Kier alpha value is -2.57. The molecule has 1 fully saturated rings. The smallest absolute Gasteiger partial charge is 0.308 e. The predicted octanol–water partition coefficient (Wildman–Crippen LogP) is 3.77. The zero-order valence-corrected chi connectivity index (χ0v) is 17.0. The van der Waals surface area contributed by atoms with Gasteiger partial charge in [-0.2, -0.15) is 0 Å². The quantitative estimate of drug-likeness (QED) is 0.566. The van der Waals surface area contributed by atoms with Gasteiger partial charge in [0.2, 0.25) is 0 Å². The molecule has 3 rings (SSSR count). The Balaban J connectivity index is 1.61. The van der Waals surface area contributed by atoms with E-state index in [9.17, 15) is 4.79 Å². The number of methoxy groups -OCH3 is 2. The van der Waals surface area contributed by atoms with Gasteiger partial charge in [-0.3, -0.25) is 4.79 Å². The minimum atomic E-state index is -0.604. The zero-order chi connectivity index (χ0) is 20.5. The Morgan fingerprint density at radius 1 is 1.03 bits per heavy atom. The van der Waals surface area contributed by atoms with Crippen molar-refractivity contribution in [2.45, 2.75) is 37.6 Å². The molecule has 0 spiro atoms. The van der Waals surface area contributed by atoms with Crippen LogP contribution in [0.3, 0.4) is 0 Å². The molecule has 1 heterocycles. The van der Waals surface area contributed by atoms with Crippen LogP contribution in [0.15, 0.2) is 54.6 Å². The summed E-state index contributed by atoms with van der Waals surface area (Å²) in [6.45, 7) is 1.22. The average Bonchev–Trinajstić information content (AvgIpc) is 3.16. The van der Waals surface area contributed by atoms with E-state index >= 15 is 0 Å². The number of carbonyl (C=O) groups is 1. The van der Waals surface area contributed by atoms with Gasteiger partial charge < -0.3 is 23.7 Å². The number of benzene rings is 2. The molecule has 6 heteroatoms. The van der Waals surface area contributed by atoms with E-state index in [4.69, 9.17) is 23.7 Å². The van der Waals surface area contributed by atoms with Crippen LogP contribution >= 0.6 is 0 Å². The standard InChI is InChI=1S/C23H28O6/c1-25-19-8-10-20(11-9-19)28-17-23(13-12-21(29-23)14-22(24)26-2)16-27-15-18-6-4-3-5-7-18/h3-11,21H,12-17H2,1-2H3. The van der Waals surface area contributed by atoms with Crippen molar-refractivity contribution in [2.75, 3.05) is 27.4 Å². The highest BCUT2D eigenvalue weighted by Gasteiger charge is 2.42. The molecule has 2 atom stereocenters. The van der Waals surface area contributed by atoms with Crippen molar-refractivity contribution < 1.29 is 28.5 Å². The molecule has 0 saturated carbocycles. The molecule has 0 N–H and O–H groups in total. The molecule has 1 aliphatic heterocycles. The molecule has 0 aliphatic carbocycles. The maximum atomic E-state index is 11.6. The van der Waals surface area contributed by atoms with Crippen molar-refractivity contribution in [2.24, 2.45) is 0 Å². The summed E-state index contributed by atoms with van der Waals surface area (Å²) in [5.74, 6) is 1.23. The van der Waals surface area contributed by atoms with Gasteiger partial charge in [0.05, 0.1) is 40.0 Å². The van der Waals surface area contributed by atoms with Crippen molar-refractivity contribution in [1.29, 1.82) is 0 Å². The first kappa shape index (κ1) is 21.1. The summed E-state index contributed by atoms with van der Waals surface area (Å²) in [7, 11) is 3.02. The van der Waals surface area contributed by atoms with Gasteiger partial charge in [-0.1, -0.05) is 30.3 Å². The Bertz CT molecular complexity index is 761. The summed E-state index contributed by atoms with van der Waals surface area (Å²) in [6, 6.07) is 17.4. The van der Waals surface area contributed by atoms with Crippen molar-refractivity contribution in [3.8, 4) is 11.5 Å². The molecule has 1 aliphatic rings. The molecule has 6 nitrogen and oxygen atoms in total. The van der Waals surface area contributed by atoms with Crippen LogP contribution in [0, 0.1) is 0 Å². The molecular formula is C23H28O6. The highest BCUT2D eigenvalue weighted by molar-refractivity contribution is 5.69. The molecule has 2 unspecified atom stereocenters. The van der Waals surface area contributed by atoms with E-state index < -0.39 is 5.60 Å². The molecule has 0 aromatic heterocycles. The molecule has 156 valence electrons. The lowest BCUT2D eigenvalue weighted by molar-refractivity contribution is -0.149. The lowest BCUT2D eigenvalue weighted by Crippen LogP contribution is -2.41. The highest BCUT2D eigenvalue weighted by Crippen LogP contribution is 2.34. The Labute approximate surface area is 171 Å². The summed E-state index contributed by atoms with van der Waals surface area (Å²) in [5.41, 5.74) is 0.496. The second-order valence-electron chi connectivity index (χ2n) is 7.18. The number of hydrogen-bond donors (Lipinski definition) is 0. The Morgan fingerprint density at radius 3 is 2.45 bits per heavy atom. The van der Waals surface area contributed by atoms with Crippen LogP contribution in [-0.4, -0.2) is 45.1 Å². The van der Waals surface area contributed by atoms with E-state index in [0.717, 1.165) is 29.9 Å². The van der Waals surface area contributed by atoms with Crippen molar-refractivity contribution in [3.63, 3.8) is 0 Å². The normalized spacial score (nSPS) is 21.0. The van der Waals surface area contributed by atoms with Gasteiger partial charge in [-0.05, 0) is 42.7 Å². The number of rotatable bonds is 10. The SMILES string of the molecule is COC(=O)CC1CCC(COCc2ccccc2)(COc2ccc(OC)cc2)O1. The van der Waals surface area contributed by atoms with Gasteiger partial charge in [0.1, 0.15) is 23.7 Å². The summed E-state index contributed by atoms with van der Waals surface area (Å²) < 4.78 is 28.2. The van der Waals surface area contributed by atoms with Gasteiger partial charge in [0.25, 0.3) is 0 Å². The fraction of sp³-hybridized carbons (Fsp3) is 0.435. The van der Waals surface area contributed by atoms with Crippen LogP contribution in [0.4, 0.5) is 0 Å². The second kappa shape index (κ2) is 10.3. The molecular weight excluding hydrogens is 372 g/mol. The van der Waals surface area contributed by atoms with Crippen molar-refractivity contribution in [3.05, 3.63) is 60.2 Å². The first-order valence-electron chi connectivity index (χ1n) is 9.76. The summed E-state index contributed by atoms with van der Waals surface area (Å²) in [5, 5.41) is 0. The van der Waals surface area contributed by atoms with Crippen LogP contribution in [0.1, 0.15) is 24.8 Å². The minimum Gasteiger partial charge on any atom is -0.497 e. The Kier molecular flexibility index (Phi) is 7.49. The van der Waals surface area contributed by atoms with Crippen molar-refractivity contribution >= 4 is 5.97 Å². The number of esters is 1. The van der Waals surface area contributed by atoms with Gasteiger partial charge in [-0.15, -0.1) is 0 Å². The zero-order valence-electron chi connectivity index (χ0n) is 17.0. The number of ether oxygens (including phenoxy) is 5. The molecule has 1 saturated heterocycles. The molecule has 29 heavy (non-hydrogen) atoms. The van der Waals surface area contributed by atoms with Crippen LogP contribution in [0.2, 0.25) is 0 Å². The average molecular weight is 400 g/mol. The number of hydrogen-bond acceptors (Lipinski definition) is 6. The third-order valence-corrected chi connectivity index (χ3v) is 5.00. The van der Waals surface area contributed by atoms with Gasteiger partial charge in [0, 0.05) is 0 Å². The monoisotopic (exact) mass is 400 g/mol. The molecule has 0 amide bonds. The van der Waals surface area contributed by atoms with E-state index in [1.807, 2.05) is 54.6 Å². The van der Waals surface area contributed by atoms with Gasteiger partial charge >= 0.3 is 5.97 Å².